The summed E-state index contributed by atoms with van der Waals surface area (Å²) in [6.45, 7) is 4.01. The second kappa shape index (κ2) is 7.87. The van der Waals surface area contributed by atoms with Crippen molar-refractivity contribution in [3.63, 3.8) is 0 Å². The lowest BCUT2D eigenvalue weighted by Gasteiger charge is -2.16. The van der Waals surface area contributed by atoms with Crippen molar-refractivity contribution in [2.75, 3.05) is 11.5 Å². The van der Waals surface area contributed by atoms with Crippen molar-refractivity contribution in [3.8, 4) is 0 Å². The van der Waals surface area contributed by atoms with Crippen LogP contribution < -0.4 is 0 Å². The fourth-order valence-corrected chi connectivity index (χ4v) is 2.23. The van der Waals surface area contributed by atoms with Crippen LogP contribution in [0.4, 0.5) is 0 Å². The van der Waals surface area contributed by atoms with Crippen LogP contribution in [0.15, 0.2) is 0 Å². The molecule has 0 aliphatic heterocycles. The molecule has 0 rings (SSSR count). The zero-order chi connectivity index (χ0) is 8.69. The van der Waals surface area contributed by atoms with Crippen molar-refractivity contribution in [3.05, 3.63) is 0 Å². The third-order valence-corrected chi connectivity index (χ3v) is 3.01. The summed E-state index contributed by atoms with van der Waals surface area (Å²) in [5, 5.41) is 0. The number of ether oxygens (including phenoxy) is 1. The third kappa shape index (κ3) is 7.60. The minimum Gasteiger partial charge on any atom is -0.374 e. The van der Waals surface area contributed by atoms with Crippen molar-refractivity contribution in [2.24, 2.45) is 0 Å². The Bertz CT molecular complexity index is 84.7. The molecule has 0 radical (unpaired) electrons. The molecule has 0 fully saturated rings. The molecule has 0 aromatic carbocycles. The number of hydrogen-bond acceptors (Lipinski definition) is 3. The Morgan fingerprint density at radius 1 is 1.09 bits per heavy atom. The highest BCUT2D eigenvalue weighted by molar-refractivity contribution is 8.21. The average Bonchev–Trinajstić information content (AvgIpc) is 1.87. The van der Waals surface area contributed by atoms with Crippen LogP contribution in [0.2, 0.25) is 0 Å². The number of halogens is 2. The van der Waals surface area contributed by atoms with E-state index in [0.717, 1.165) is 11.5 Å². The lowest BCUT2D eigenvalue weighted by Crippen LogP contribution is -2.20. The Labute approximate surface area is 85.5 Å². The lowest BCUT2D eigenvalue weighted by atomic mass is 10.4. The maximum atomic E-state index is 5.52. The maximum absolute atomic E-state index is 5.52. The van der Waals surface area contributed by atoms with E-state index in [0.29, 0.717) is 0 Å². The minimum absolute atomic E-state index is 0.205. The normalized spacial score (nSPS) is 16.4. The van der Waals surface area contributed by atoms with Gasteiger partial charge in [0.2, 0.25) is 0 Å². The molecular formula is C6H12Cl2OS2. The van der Waals surface area contributed by atoms with E-state index in [1.165, 1.54) is 22.0 Å². The molecule has 0 aliphatic carbocycles. The largest absolute Gasteiger partial charge is 0.374 e. The first-order valence-corrected chi connectivity index (χ1v) is 6.95. The number of hydrogen-bond donors (Lipinski definition) is 0. The van der Waals surface area contributed by atoms with Crippen LogP contribution >= 0.6 is 43.3 Å². The second-order valence-electron chi connectivity index (χ2n) is 2.31. The Hall–Kier alpha value is 1.24. The molecule has 2 unspecified atom stereocenters. The standard InChI is InChI=1S/C6H12Cl2OS2/c1-5(3-10-7)9-6(2)4-11-8/h5-6H,3-4H2,1-2H3. The molecule has 1 nitrogen and oxygen atoms in total. The fraction of sp³-hybridized carbons (Fsp3) is 1.00. The molecule has 0 amide bonds. The molecular weight excluding hydrogens is 223 g/mol. The van der Waals surface area contributed by atoms with E-state index >= 15 is 0 Å². The van der Waals surface area contributed by atoms with E-state index in [9.17, 15) is 0 Å². The third-order valence-electron chi connectivity index (χ3n) is 1.06. The summed E-state index contributed by atoms with van der Waals surface area (Å²) in [4.78, 5) is 0. The van der Waals surface area contributed by atoms with E-state index in [4.69, 9.17) is 26.1 Å². The zero-order valence-corrected chi connectivity index (χ0v) is 9.69. The van der Waals surface area contributed by atoms with Gasteiger partial charge in [-0.1, -0.05) is 22.0 Å². The summed E-state index contributed by atoms with van der Waals surface area (Å²) in [6.07, 6.45) is 0.410. The average molecular weight is 235 g/mol. The first-order valence-electron chi connectivity index (χ1n) is 3.33. The molecule has 2 atom stereocenters. The fourth-order valence-electron chi connectivity index (χ4n) is 0.653. The van der Waals surface area contributed by atoms with Gasteiger partial charge >= 0.3 is 0 Å². The summed E-state index contributed by atoms with van der Waals surface area (Å²) in [5.74, 6) is 1.64. The highest BCUT2D eigenvalue weighted by Crippen LogP contribution is 2.14. The van der Waals surface area contributed by atoms with Gasteiger partial charge in [-0.15, -0.1) is 0 Å². The van der Waals surface area contributed by atoms with Gasteiger partial charge in [0.15, 0.2) is 0 Å². The van der Waals surface area contributed by atoms with Crippen molar-refractivity contribution < 1.29 is 4.74 Å². The van der Waals surface area contributed by atoms with Gasteiger partial charge in [-0.3, -0.25) is 0 Å². The van der Waals surface area contributed by atoms with Crippen molar-refractivity contribution in [2.45, 2.75) is 26.1 Å². The van der Waals surface area contributed by atoms with Gasteiger partial charge in [-0.2, -0.15) is 0 Å². The van der Waals surface area contributed by atoms with E-state index in [1.54, 1.807) is 0 Å². The van der Waals surface area contributed by atoms with Crippen molar-refractivity contribution in [1.82, 2.24) is 0 Å². The van der Waals surface area contributed by atoms with Gasteiger partial charge in [-0.25, -0.2) is 0 Å². The smallest absolute Gasteiger partial charge is 0.0653 e. The predicted molar refractivity (Wildman–Crippen MR) is 56.6 cm³/mol. The molecule has 5 heteroatoms. The molecule has 0 N–H and O–H groups in total. The summed E-state index contributed by atoms with van der Waals surface area (Å²) in [5.41, 5.74) is 0. The number of rotatable bonds is 6. The summed E-state index contributed by atoms with van der Waals surface area (Å²) < 4.78 is 5.52. The van der Waals surface area contributed by atoms with Gasteiger partial charge in [0.1, 0.15) is 0 Å². The van der Waals surface area contributed by atoms with Crippen LogP contribution in [0, 0.1) is 0 Å². The molecule has 0 aromatic heterocycles. The topological polar surface area (TPSA) is 9.23 Å². The molecule has 0 bridgehead atoms. The van der Waals surface area contributed by atoms with Gasteiger partial charge < -0.3 is 4.74 Å². The molecule has 0 spiro atoms. The van der Waals surface area contributed by atoms with Crippen LogP contribution in [0.25, 0.3) is 0 Å². The monoisotopic (exact) mass is 234 g/mol. The van der Waals surface area contributed by atoms with Crippen molar-refractivity contribution in [1.29, 1.82) is 0 Å². The molecule has 0 saturated heterocycles. The van der Waals surface area contributed by atoms with E-state index in [1.807, 2.05) is 13.8 Å². The van der Waals surface area contributed by atoms with E-state index in [-0.39, 0.29) is 12.2 Å². The summed E-state index contributed by atoms with van der Waals surface area (Å²) in [6, 6.07) is 0. The SMILES string of the molecule is CC(CSCl)OC(C)CSCl. The summed E-state index contributed by atoms with van der Waals surface area (Å²) >= 11 is 0. The molecule has 68 valence electrons. The molecule has 0 aliphatic rings. The Balaban J connectivity index is 3.32. The van der Waals surface area contributed by atoms with Gasteiger partial charge in [0, 0.05) is 11.5 Å². The van der Waals surface area contributed by atoms with Crippen LogP contribution in [0.3, 0.4) is 0 Å². The maximum Gasteiger partial charge on any atom is 0.0653 e. The Kier molecular flexibility index (Phi) is 8.75. The van der Waals surface area contributed by atoms with Gasteiger partial charge in [0.25, 0.3) is 0 Å². The Morgan fingerprint density at radius 2 is 1.45 bits per heavy atom. The van der Waals surface area contributed by atoms with Crippen LogP contribution in [-0.4, -0.2) is 23.7 Å². The Morgan fingerprint density at radius 3 is 1.73 bits per heavy atom. The first kappa shape index (κ1) is 12.2. The van der Waals surface area contributed by atoms with Crippen molar-refractivity contribution >= 4 is 43.3 Å². The highest BCUT2D eigenvalue weighted by Gasteiger charge is 2.07. The highest BCUT2D eigenvalue weighted by atomic mass is 35.7. The second-order valence-corrected chi connectivity index (χ2v) is 4.72. The van der Waals surface area contributed by atoms with E-state index in [2.05, 4.69) is 0 Å². The predicted octanol–water partition coefficient (Wildman–Crippen LogP) is 3.55. The molecule has 0 aromatic rings. The summed E-state index contributed by atoms with van der Waals surface area (Å²) in [7, 11) is 13.5. The lowest BCUT2D eigenvalue weighted by molar-refractivity contribution is 0.0357. The first-order chi connectivity index (χ1) is 5.20. The molecule has 0 heterocycles. The van der Waals surface area contributed by atoms with Crippen LogP contribution in [0.5, 0.6) is 0 Å². The quantitative estimate of drug-likeness (QED) is 0.696. The zero-order valence-electron chi connectivity index (χ0n) is 6.55. The molecule has 11 heavy (non-hydrogen) atoms. The van der Waals surface area contributed by atoms with E-state index < -0.39 is 0 Å². The van der Waals surface area contributed by atoms with Crippen LogP contribution in [-0.2, 0) is 4.74 Å². The van der Waals surface area contributed by atoms with Gasteiger partial charge in [-0.05, 0) is 35.2 Å². The minimum atomic E-state index is 0.205. The van der Waals surface area contributed by atoms with Gasteiger partial charge in [0.05, 0.1) is 12.2 Å². The van der Waals surface area contributed by atoms with Crippen LogP contribution in [0.1, 0.15) is 13.8 Å². The molecule has 0 saturated carbocycles.